The Labute approximate surface area is 174 Å². The maximum atomic E-state index is 10.9. The summed E-state index contributed by atoms with van der Waals surface area (Å²) in [6.07, 6.45) is 12.3. The lowest BCUT2D eigenvalue weighted by Crippen LogP contribution is -2.32. The molecule has 1 unspecified atom stereocenters. The Hall–Kier alpha value is -1.33. The zero-order valence-electron chi connectivity index (χ0n) is 18.3. The number of hydrogen-bond acceptors (Lipinski definition) is 5. The van der Waals surface area contributed by atoms with Crippen molar-refractivity contribution in [3.63, 3.8) is 0 Å². The van der Waals surface area contributed by atoms with Crippen molar-refractivity contribution in [3.8, 4) is 0 Å². The van der Waals surface area contributed by atoms with Crippen LogP contribution in [-0.2, 0) is 17.6 Å². The average molecular weight is 404 g/mol. The number of fused-ring (bicyclic) bond motifs is 3. The highest BCUT2D eigenvalue weighted by Gasteiger charge is 2.22. The van der Waals surface area contributed by atoms with Gasteiger partial charge in [0.25, 0.3) is 0 Å². The quantitative estimate of drug-likeness (QED) is 0.675. The van der Waals surface area contributed by atoms with E-state index >= 15 is 0 Å². The van der Waals surface area contributed by atoms with Gasteiger partial charge in [0.2, 0.25) is 0 Å². The highest BCUT2D eigenvalue weighted by Crippen LogP contribution is 2.37. The van der Waals surface area contributed by atoms with Crippen LogP contribution in [0.2, 0.25) is 0 Å². The maximum Gasteiger partial charge on any atom is 0.133 e. The second-order valence-corrected chi connectivity index (χ2v) is 8.91. The van der Waals surface area contributed by atoms with E-state index < -0.39 is 0 Å². The molecule has 0 amide bonds. The van der Waals surface area contributed by atoms with E-state index in [0.29, 0.717) is 11.7 Å². The van der Waals surface area contributed by atoms with Crippen molar-refractivity contribution in [1.29, 1.82) is 0 Å². The lowest BCUT2D eigenvalue weighted by atomic mass is 9.85. The van der Waals surface area contributed by atoms with E-state index in [0.717, 1.165) is 31.8 Å². The normalized spacial score (nSPS) is 19.8. The Morgan fingerprint density at radius 2 is 1.96 bits per heavy atom. The molecule has 0 bridgehead atoms. The largest absolute Gasteiger partial charge is 0.306 e. The summed E-state index contributed by atoms with van der Waals surface area (Å²) >= 11 is 1.88. The van der Waals surface area contributed by atoms with Gasteiger partial charge in [0.1, 0.15) is 16.9 Å². The first-order valence-corrected chi connectivity index (χ1v) is 11.8. The molecule has 28 heavy (non-hydrogen) atoms. The second-order valence-electron chi connectivity index (χ2n) is 7.83. The fourth-order valence-corrected chi connectivity index (χ4v) is 5.43. The standard InChI is InChI=1S/C13H16N2S.C8H15NO.C2H6/c1-2-3-9-4-5-10-11-7-14-8-15-13(11)16-12(10)6-9;1-7(10)8-3-5-9(2)6-4-8;1-2/h7-9H,2-6H2,1H3;8H,3-6H2,1-2H3;1-2H3. The van der Waals surface area contributed by atoms with Gasteiger partial charge in [0, 0.05) is 22.4 Å². The van der Waals surface area contributed by atoms with Crippen molar-refractivity contribution < 1.29 is 4.79 Å². The van der Waals surface area contributed by atoms with Crippen LogP contribution in [0.5, 0.6) is 0 Å². The molecule has 1 aliphatic carbocycles. The van der Waals surface area contributed by atoms with Crippen LogP contribution in [0.3, 0.4) is 0 Å². The first kappa shape index (κ1) is 23.0. The van der Waals surface area contributed by atoms with Crippen LogP contribution in [0.4, 0.5) is 0 Å². The first-order chi connectivity index (χ1) is 13.6. The molecule has 1 aliphatic heterocycles. The van der Waals surface area contributed by atoms with Crippen LogP contribution >= 0.6 is 11.3 Å². The minimum absolute atomic E-state index is 0.358. The first-order valence-electron chi connectivity index (χ1n) is 11.0. The number of aromatic nitrogens is 2. The third-order valence-corrected chi connectivity index (χ3v) is 7.00. The third kappa shape index (κ3) is 6.08. The average Bonchev–Trinajstić information content (AvgIpc) is 3.08. The maximum absolute atomic E-state index is 10.9. The number of nitrogens with zero attached hydrogens (tertiary/aromatic N) is 3. The van der Waals surface area contributed by atoms with E-state index in [1.807, 2.05) is 31.4 Å². The smallest absolute Gasteiger partial charge is 0.133 e. The van der Waals surface area contributed by atoms with E-state index in [4.69, 9.17) is 0 Å². The predicted octanol–water partition coefficient (Wildman–Crippen LogP) is 5.54. The summed E-state index contributed by atoms with van der Waals surface area (Å²) in [5.41, 5.74) is 1.54. The highest BCUT2D eigenvalue weighted by molar-refractivity contribution is 7.18. The molecule has 4 rings (SSSR count). The molecule has 0 saturated carbocycles. The van der Waals surface area contributed by atoms with Crippen molar-refractivity contribution in [2.75, 3.05) is 20.1 Å². The van der Waals surface area contributed by atoms with Crippen LogP contribution in [0.15, 0.2) is 12.5 Å². The summed E-state index contributed by atoms with van der Waals surface area (Å²) in [5, 5.41) is 1.30. The predicted molar refractivity (Wildman–Crippen MR) is 120 cm³/mol. The highest BCUT2D eigenvalue weighted by atomic mass is 32.1. The van der Waals surface area contributed by atoms with Gasteiger partial charge in [-0.3, -0.25) is 4.79 Å². The number of likely N-dealkylation sites (tertiary alicyclic amines) is 1. The lowest BCUT2D eigenvalue weighted by Gasteiger charge is -2.26. The van der Waals surface area contributed by atoms with E-state index in [9.17, 15) is 4.79 Å². The van der Waals surface area contributed by atoms with E-state index in [2.05, 4.69) is 28.8 Å². The molecule has 2 aromatic rings. The Balaban J connectivity index is 0.000000202. The van der Waals surface area contributed by atoms with Gasteiger partial charge in [-0.15, -0.1) is 11.3 Å². The van der Waals surface area contributed by atoms with Gasteiger partial charge >= 0.3 is 0 Å². The Kier molecular flexibility index (Phi) is 9.52. The van der Waals surface area contributed by atoms with Gasteiger partial charge in [0.15, 0.2) is 0 Å². The third-order valence-electron chi connectivity index (χ3n) is 5.82. The van der Waals surface area contributed by atoms with Crippen molar-refractivity contribution in [2.24, 2.45) is 11.8 Å². The van der Waals surface area contributed by atoms with Gasteiger partial charge in [-0.2, -0.15) is 0 Å². The number of hydrogen-bond donors (Lipinski definition) is 0. The number of thiophene rings is 1. The molecule has 0 aromatic carbocycles. The van der Waals surface area contributed by atoms with Crippen LogP contribution < -0.4 is 0 Å². The Bertz CT molecular complexity index is 735. The topological polar surface area (TPSA) is 46.1 Å². The molecule has 2 aliphatic rings. The summed E-state index contributed by atoms with van der Waals surface area (Å²) in [5.74, 6) is 1.63. The molecular formula is C23H37N3OS. The Morgan fingerprint density at radius 3 is 2.61 bits per heavy atom. The molecule has 0 N–H and O–H groups in total. The number of carbonyl (C=O) groups excluding carboxylic acids is 1. The van der Waals surface area contributed by atoms with Crippen molar-refractivity contribution >= 4 is 27.3 Å². The van der Waals surface area contributed by atoms with E-state index in [1.54, 1.807) is 18.1 Å². The zero-order valence-corrected chi connectivity index (χ0v) is 19.1. The summed E-state index contributed by atoms with van der Waals surface area (Å²) in [6.45, 7) is 10.2. The van der Waals surface area contributed by atoms with Gasteiger partial charge in [-0.05, 0) is 70.6 Å². The monoisotopic (exact) mass is 403 g/mol. The van der Waals surface area contributed by atoms with Crippen LogP contribution in [-0.4, -0.2) is 40.8 Å². The van der Waals surface area contributed by atoms with E-state index in [1.165, 1.54) is 47.9 Å². The SMILES string of the molecule is CC.CC(=O)C1CCN(C)CC1.CCCC1CCc2c(sc3ncncc23)C1. The molecule has 1 atom stereocenters. The fraction of sp³-hybridized carbons (Fsp3) is 0.696. The fourth-order valence-electron chi connectivity index (χ4n) is 4.16. The van der Waals surface area contributed by atoms with Crippen LogP contribution in [0.1, 0.15) is 70.2 Å². The van der Waals surface area contributed by atoms with Crippen LogP contribution in [0.25, 0.3) is 10.2 Å². The molecule has 156 valence electrons. The minimum atomic E-state index is 0.358. The van der Waals surface area contributed by atoms with Crippen molar-refractivity contribution in [1.82, 2.24) is 14.9 Å². The van der Waals surface area contributed by atoms with Gasteiger partial charge in [-0.1, -0.05) is 33.6 Å². The minimum Gasteiger partial charge on any atom is -0.306 e. The second kappa shape index (κ2) is 11.6. The summed E-state index contributed by atoms with van der Waals surface area (Å²) in [4.78, 5) is 24.4. The molecule has 3 heterocycles. The van der Waals surface area contributed by atoms with Crippen molar-refractivity contribution in [2.45, 2.75) is 72.6 Å². The van der Waals surface area contributed by atoms with Gasteiger partial charge < -0.3 is 4.90 Å². The summed E-state index contributed by atoms with van der Waals surface area (Å²) < 4.78 is 0. The van der Waals surface area contributed by atoms with E-state index in [-0.39, 0.29) is 0 Å². The zero-order chi connectivity index (χ0) is 20.5. The molecule has 4 nitrogen and oxygen atoms in total. The van der Waals surface area contributed by atoms with Crippen molar-refractivity contribution in [3.05, 3.63) is 23.0 Å². The number of aryl methyl sites for hydroxylation is 1. The van der Waals surface area contributed by atoms with Gasteiger partial charge in [0.05, 0.1) is 0 Å². The molecule has 1 fully saturated rings. The number of piperidine rings is 1. The molecular weight excluding hydrogens is 366 g/mol. The summed E-state index contributed by atoms with van der Waals surface area (Å²) in [7, 11) is 2.11. The number of rotatable bonds is 3. The number of ketones is 1. The lowest BCUT2D eigenvalue weighted by molar-refractivity contribution is -0.121. The number of Topliss-reactive ketones (excluding diaryl/α,β-unsaturated/α-hetero) is 1. The van der Waals surface area contributed by atoms with Gasteiger partial charge in [-0.25, -0.2) is 9.97 Å². The molecule has 1 saturated heterocycles. The molecule has 2 aromatic heterocycles. The number of carbonyl (C=O) groups is 1. The molecule has 5 heteroatoms. The molecule has 0 spiro atoms. The molecule has 0 radical (unpaired) electrons. The van der Waals surface area contributed by atoms with Crippen LogP contribution in [0, 0.1) is 11.8 Å². The summed E-state index contributed by atoms with van der Waals surface area (Å²) in [6, 6.07) is 0. The Morgan fingerprint density at radius 1 is 1.25 bits per heavy atom.